The van der Waals surface area contributed by atoms with Crippen LogP contribution in [0.2, 0.25) is 0 Å². The highest BCUT2D eigenvalue weighted by molar-refractivity contribution is 9.09. The SMILES string of the molecule is O=C(CC(F)(F)F)N1CCCC(CCBr)C1. The summed E-state index contributed by atoms with van der Waals surface area (Å²) in [5.74, 6) is -0.447. The molecule has 2 nitrogen and oxygen atoms in total. The number of halogens is 4. The zero-order valence-corrected chi connectivity index (χ0v) is 10.5. The molecule has 1 saturated heterocycles. The summed E-state index contributed by atoms with van der Waals surface area (Å²) in [4.78, 5) is 12.7. The summed E-state index contributed by atoms with van der Waals surface area (Å²) in [6.07, 6.45) is -2.99. The molecule has 6 heteroatoms. The van der Waals surface area contributed by atoms with Gasteiger partial charge in [0.25, 0.3) is 0 Å². The van der Waals surface area contributed by atoms with Crippen LogP contribution < -0.4 is 0 Å². The van der Waals surface area contributed by atoms with Crippen LogP contribution in [0.25, 0.3) is 0 Å². The average Bonchev–Trinajstić information content (AvgIpc) is 2.16. The normalized spacial score (nSPS) is 22.2. The Hall–Kier alpha value is -0.260. The van der Waals surface area contributed by atoms with Crippen molar-refractivity contribution in [1.82, 2.24) is 4.90 Å². The van der Waals surface area contributed by atoms with Gasteiger partial charge in [-0.1, -0.05) is 15.9 Å². The number of nitrogens with zero attached hydrogens (tertiary/aromatic N) is 1. The van der Waals surface area contributed by atoms with Crippen molar-refractivity contribution < 1.29 is 18.0 Å². The highest BCUT2D eigenvalue weighted by atomic mass is 79.9. The molecular weight excluding hydrogens is 287 g/mol. The third-order valence-electron chi connectivity index (χ3n) is 2.74. The smallest absolute Gasteiger partial charge is 0.342 e. The van der Waals surface area contributed by atoms with Crippen LogP contribution in [0.4, 0.5) is 13.2 Å². The van der Waals surface area contributed by atoms with Crippen LogP contribution in [0.3, 0.4) is 0 Å². The van der Waals surface area contributed by atoms with E-state index in [4.69, 9.17) is 0 Å². The minimum Gasteiger partial charge on any atom is -0.342 e. The first-order valence-corrected chi connectivity index (χ1v) is 6.45. The highest BCUT2D eigenvalue weighted by Crippen LogP contribution is 2.25. The number of alkyl halides is 4. The summed E-state index contributed by atoms with van der Waals surface area (Å²) in [6.45, 7) is 0.939. The van der Waals surface area contributed by atoms with E-state index in [1.165, 1.54) is 4.90 Å². The molecule has 0 saturated carbocycles. The van der Waals surface area contributed by atoms with Crippen LogP contribution in [0.5, 0.6) is 0 Å². The Balaban J connectivity index is 2.44. The van der Waals surface area contributed by atoms with Gasteiger partial charge in [-0.25, -0.2) is 0 Å². The molecule has 1 heterocycles. The molecule has 16 heavy (non-hydrogen) atoms. The number of rotatable bonds is 3. The summed E-state index contributed by atoms with van der Waals surface area (Å²) in [6, 6.07) is 0. The zero-order valence-electron chi connectivity index (χ0n) is 8.89. The van der Waals surface area contributed by atoms with Crippen molar-refractivity contribution >= 4 is 21.8 Å². The molecule has 1 atom stereocenters. The molecule has 0 aromatic heterocycles. The lowest BCUT2D eigenvalue weighted by molar-refractivity contribution is -0.162. The van der Waals surface area contributed by atoms with E-state index in [-0.39, 0.29) is 0 Å². The van der Waals surface area contributed by atoms with E-state index in [1.807, 2.05) is 0 Å². The van der Waals surface area contributed by atoms with Crippen molar-refractivity contribution in [3.8, 4) is 0 Å². The molecule has 0 aromatic rings. The maximum absolute atomic E-state index is 12.1. The van der Waals surface area contributed by atoms with Crippen LogP contribution in [0.1, 0.15) is 25.7 Å². The van der Waals surface area contributed by atoms with Gasteiger partial charge >= 0.3 is 6.18 Å². The van der Waals surface area contributed by atoms with E-state index in [2.05, 4.69) is 15.9 Å². The van der Waals surface area contributed by atoms with Crippen LogP contribution in [-0.2, 0) is 4.79 Å². The van der Waals surface area contributed by atoms with E-state index < -0.39 is 18.5 Å². The van der Waals surface area contributed by atoms with Gasteiger partial charge in [0, 0.05) is 18.4 Å². The number of carbonyl (C=O) groups is 1. The van der Waals surface area contributed by atoms with Gasteiger partial charge in [0.2, 0.25) is 5.91 Å². The van der Waals surface area contributed by atoms with E-state index in [0.29, 0.717) is 19.0 Å². The van der Waals surface area contributed by atoms with Crippen LogP contribution in [0, 0.1) is 5.92 Å². The lowest BCUT2D eigenvalue weighted by Crippen LogP contribution is -2.41. The van der Waals surface area contributed by atoms with Crippen LogP contribution in [-0.4, -0.2) is 35.4 Å². The van der Waals surface area contributed by atoms with Gasteiger partial charge in [0.15, 0.2) is 0 Å². The zero-order chi connectivity index (χ0) is 12.2. The minimum atomic E-state index is -4.39. The Bertz CT molecular complexity index is 243. The molecular formula is C10H15BrF3NO. The molecule has 0 spiro atoms. The topological polar surface area (TPSA) is 20.3 Å². The molecule has 1 rings (SSSR count). The van der Waals surface area contributed by atoms with E-state index in [1.54, 1.807) is 0 Å². The van der Waals surface area contributed by atoms with E-state index in [0.717, 1.165) is 24.6 Å². The second kappa shape index (κ2) is 5.89. The van der Waals surface area contributed by atoms with Crippen molar-refractivity contribution in [1.29, 1.82) is 0 Å². The molecule has 1 unspecified atom stereocenters. The van der Waals surface area contributed by atoms with Gasteiger partial charge in [-0.05, 0) is 25.2 Å². The number of piperidine rings is 1. The number of carbonyl (C=O) groups excluding carboxylic acids is 1. The van der Waals surface area contributed by atoms with Crippen molar-refractivity contribution in [3.05, 3.63) is 0 Å². The first-order valence-electron chi connectivity index (χ1n) is 5.33. The second-order valence-electron chi connectivity index (χ2n) is 4.12. The van der Waals surface area contributed by atoms with Crippen LogP contribution in [0.15, 0.2) is 0 Å². The van der Waals surface area contributed by atoms with Gasteiger partial charge < -0.3 is 4.90 Å². The maximum Gasteiger partial charge on any atom is 0.397 e. The predicted octanol–water partition coefficient (Wildman–Crippen LogP) is 2.96. The standard InChI is InChI=1S/C10H15BrF3NO/c11-4-3-8-2-1-5-15(7-8)9(16)6-10(12,13)14/h8H,1-7H2. The largest absolute Gasteiger partial charge is 0.397 e. The summed E-state index contributed by atoms with van der Waals surface area (Å²) >= 11 is 3.31. The van der Waals surface area contributed by atoms with Crippen molar-refractivity contribution in [2.75, 3.05) is 18.4 Å². The second-order valence-corrected chi connectivity index (χ2v) is 4.91. The average molecular weight is 302 g/mol. The molecule has 0 aromatic carbocycles. The number of likely N-dealkylation sites (tertiary alicyclic amines) is 1. The lowest BCUT2D eigenvalue weighted by atomic mass is 9.95. The third kappa shape index (κ3) is 4.72. The Kier molecular flexibility index (Phi) is 5.08. The first-order chi connectivity index (χ1) is 7.42. The van der Waals surface area contributed by atoms with Gasteiger partial charge in [0.1, 0.15) is 6.42 Å². The fourth-order valence-electron chi connectivity index (χ4n) is 1.96. The Labute approximate surface area is 101 Å². The Morgan fingerprint density at radius 3 is 2.69 bits per heavy atom. The Morgan fingerprint density at radius 1 is 1.44 bits per heavy atom. The van der Waals surface area contributed by atoms with Crippen molar-refractivity contribution in [2.24, 2.45) is 5.92 Å². The number of hydrogen-bond donors (Lipinski definition) is 0. The monoisotopic (exact) mass is 301 g/mol. The maximum atomic E-state index is 12.1. The molecule has 0 N–H and O–H groups in total. The fourth-order valence-corrected chi connectivity index (χ4v) is 2.61. The molecule has 1 amide bonds. The molecule has 0 bridgehead atoms. The van der Waals surface area contributed by atoms with E-state index >= 15 is 0 Å². The first kappa shape index (κ1) is 13.8. The van der Waals surface area contributed by atoms with Crippen molar-refractivity contribution in [3.63, 3.8) is 0 Å². The molecule has 0 radical (unpaired) electrons. The fraction of sp³-hybridized carbons (Fsp3) is 0.900. The molecule has 0 aliphatic carbocycles. The van der Waals surface area contributed by atoms with Crippen LogP contribution >= 0.6 is 15.9 Å². The Morgan fingerprint density at radius 2 is 2.12 bits per heavy atom. The van der Waals surface area contributed by atoms with Gasteiger partial charge in [0.05, 0.1) is 0 Å². The summed E-state index contributed by atoms with van der Waals surface area (Å²) in [5, 5.41) is 0.832. The quantitative estimate of drug-likeness (QED) is 0.734. The summed E-state index contributed by atoms with van der Waals surface area (Å²) < 4.78 is 36.2. The van der Waals surface area contributed by atoms with Crippen molar-refractivity contribution in [2.45, 2.75) is 31.9 Å². The minimum absolute atomic E-state index is 0.338. The van der Waals surface area contributed by atoms with Gasteiger partial charge in [-0.15, -0.1) is 0 Å². The summed E-state index contributed by atoms with van der Waals surface area (Å²) in [5.41, 5.74) is 0. The van der Waals surface area contributed by atoms with E-state index in [9.17, 15) is 18.0 Å². The highest BCUT2D eigenvalue weighted by Gasteiger charge is 2.34. The number of hydrogen-bond acceptors (Lipinski definition) is 1. The lowest BCUT2D eigenvalue weighted by Gasteiger charge is -2.32. The van der Waals surface area contributed by atoms with Gasteiger partial charge in [-0.3, -0.25) is 4.79 Å². The molecule has 1 aliphatic rings. The summed E-state index contributed by atoms with van der Waals surface area (Å²) in [7, 11) is 0. The molecule has 1 aliphatic heterocycles. The third-order valence-corrected chi connectivity index (χ3v) is 3.20. The van der Waals surface area contributed by atoms with Gasteiger partial charge in [-0.2, -0.15) is 13.2 Å². The predicted molar refractivity (Wildman–Crippen MR) is 58.4 cm³/mol. The number of amides is 1. The molecule has 1 fully saturated rings. The molecule has 94 valence electrons.